The van der Waals surface area contributed by atoms with Crippen molar-refractivity contribution in [3.8, 4) is 0 Å². The largest absolute Gasteiger partial charge is 0.324 e. The Balaban J connectivity index is 1.77. The third-order valence-electron chi connectivity index (χ3n) is 5.05. The monoisotopic (exact) mass is 287 g/mol. The van der Waals surface area contributed by atoms with E-state index in [2.05, 4.69) is 4.57 Å². The Morgan fingerprint density at radius 3 is 2.62 bits per heavy atom. The van der Waals surface area contributed by atoms with Gasteiger partial charge in [0.2, 0.25) is 0 Å². The lowest BCUT2D eigenvalue weighted by molar-refractivity contribution is 0.296. The first-order chi connectivity index (χ1) is 10.2. The summed E-state index contributed by atoms with van der Waals surface area (Å²) < 4.78 is 15.8. The smallest absolute Gasteiger partial charge is 0.127 e. The standard InChI is InChI=1S/C17H22FN3/c18-12-6-9-15-14(10-12)20-17(21(15)13-7-8-13)16(19)11-4-2-1-3-5-11/h6,9-11,13,16H,1-5,7-8,19H2. The number of halogens is 1. The summed E-state index contributed by atoms with van der Waals surface area (Å²) in [6, 6.07) is 5.42. The van der Waals surface area contributed by atoms with Crippen molar-refractivity contribution >= 4 is 11.0 Å². The van der Waals surface area contributed by atoms with Gasteiger partial charge in [0.25, 0.3) is 0 Å². The molecule has 0 radical (unpaired) electrons. The maximum atomic E-state index is 13.5. The molecule has 0 saturated heterocycles. The Kier molecular flexibility index (Phi) is 3.21. The molecule has 3 nitrogen and oxygen atoms in total. The molecule has 1 aromatic carbocycles. The molecule has 1 heterocycles. The number of rotatable bonds is 3. The fraction of sp³-hybridized carbons (Fsp3) is 0.588. The first kappa shape index (κ1) is 13.3. The van der Waals surface area contributed by atoms with E-state index in [0.717, 1.165) is 16.9 Å². The molecule has 2 aliphatic rings. The zero-order valence-corrected chi connectivity index (χ0v) is 12.3. The van der Waals surface area contributed by atoms with Crippen molar-refractivity contribution in [2.24, 2.45) is 11.7 Å². The van der Waals surface area contributed by atoms with Crippen molar-refractivity contribution in [3.05, 3.63) is 29.8 Å². The van der Waals surface area contributed by atoms with Crippen molar-refractivity contribution in [1.82, 2.24) is 9.55 Å². The molecular weight excluding hydrogens is 265 g/mol. The number of nitrogens with zero attached hydrogens (tertiary/aromatic N) is 2. The van der Waals surface area contributed by atoms with Crippen LogP contribution < -0.4 is 5.73 Å². The Morgan fingerprint density at radius 2 is 1.90 bits per heavy atom. The summed E-state index contributed by atoms with van der Waals surface area (Å²) in [5, 5.41) is 0. The number of imidazole rings is 1. The predicted molar refractivity (Wildman–Crippen MR) is 81.5 cm³/mol. The van der Waals surface area contributed by atoms with E-state index < -0.39 is 0 Å². The van der Waals surface area contributed by atoms with Gasteiger partial charge in [-0.3, -0.25) is 0 Å². The second-order valence-corrected chi connectivity index (χ2v) is 6.63. The first-order valence-electron chi connectivity index (χ1n) is 8.17. The van der Waals surface area contributed by atoms with Crippen LogP contribution in [0.4, 0.5) is 4.39 Å². The highest BCUT2D eigenvalue weighted by molar-refractivity contribution is 5.76. The molecule has 0 aliphatic heterocycles. The molecular formula is C17H22FN3. The summed E-state index contributed by atoms with van der Waals surface area (Å²) in [6.45, 7) is 0. The molecule has 1 atom stereocenters. The van der Waals surface area contributed by atoms with E-state index in [1.54, 1.807) is 0 Å². The molecule has 2 saturated carbocycles. The maximum Gasteiger partial charge on any atom is 0.127 e. The van der Waals surface area contributed by atoms with Crippen LogP contribution in [0, 0.1) is 11.7 Å². The zero-order valence-electron chi connectivity index (χ0n) is 12.3. The summed E-state index contributed by atoms with van der Waals surface area (Å²) in [6.07, 6.45) is 8.65. The molecule has 0 amide bonds. The second kappa shape index (κ2) is 5.09. The third kappa shape index (κ3) is 2.35. The van der Waals surface area contributed by atoms with Gasteiger partial charge in [0.05, 0.1) is 17.1 Å². The van der Waals surface area contributed by atoms with Gasteiger partial charge in [0, 0.05) is 12.1 Å². The van der Waals surface area contributed by atoms with Crippen LogP contribution in [0.2, 0.25) is 0 Å². The average Bonchev–Trinajstić information content (AvgIpc) is 3.28. The predicted octanol–water partition coefficient (Wildman–Crippen LogP) is 4.09. The number of fused-ring (bicyclic) bond motifs is 1. The molecule has 4 heteroatoms. The lowest BCUT2D eigenvalue weighted by Gasteiger charge is -2.27. The van der Waals surface area contributed by atoms with Gasteiger partial charge in [-0.1, -0.05) is 19.3 Å². The van der Waals surface area contributed by atoms with Gasteiger partial charge in [-0.25, -0.2) is 9.37 Å². The normalized spacial score (nSPS) is 21.8. The van der Waals surface area contributed by atoms with Gasteiger partial charge in [-0.05, 0) is 43.7 Å². The van der Waals surface area contributed by atoms with Crippen molar-refractivity contribution in [2.45, 2.75) is 57.0 Å². The fourth-order valence-electron chi connectivity index (χ4n) is 3.75. The molecule has 2 N–H and O–H groups in total. The van der Waals surface area contributed by atoms with Crippen LogP contribution in [-0.4, -0.2) is 9.55 Å². The number of nitrogens with two attached hydrogens (primary N) is 1. The van der Waals surface area contributed by atoms with E-state index in [-0.39, 0.29) is 11.9 Å². The molecule has 1 aromatic heterocycles. The van der Waals surface area contributed by atoms with Crippen molar-refractivity contribution in [1.29, 1.82) is 0 Å². The van der Waals surface area contributed by atoms with Gasteiger partial charge in [-0.15, -0.1) is 0 Å². The van der Waals surface area contributed by atoms with Crippen LogP contribution in [0.25, 0.3) is 11.0 Å². The molecule has 112 valence electrons. The van der Waals surface area contributed by atoms with Crippen LogP contribution in [-0.2, 0) is 0 Å². The summed E-state index contributed by atoms with van der Waals surface area (Å²) in [7, 11) is 0. The van der Waals surface area contributed by atoms with Crippen LogP contribution in [0.3, 0.4) is 0 Å². The lowest BCUT2D eigenvalue weighted by atomic mass is 9.84. The van der Waals surface area contributed by atoms with E-state index in [1.807, 2.05) is 6.07 Å². The summed E-state index contributed by atoms with van der Waals surface area (Å²) >= 11 is 0. The molecule has 0 spiro atoms. The van der Waals surface area contributed by atoms with Gasteiger partial charge >= 0.3 is 0 Å². The minimum atomic E-state index is -0.222. The molecule has 21 heavy (non-hydrogen) atoms. The first-order valence-corrected chi connectivity index (χ1v) is 8.17. The van der Waals surface area contributed by atoms with Crippen molar-refractivity contribution in [2.75, 3.05) is 0 Å². The molecule has 0 bridgehead atoms. The van der Waals surface area contributed by atoms with Gasteiger partial charge < -0.3 is 10.3 Å². The third-order valence-corrected chi connectivity index (χ3v) is 5.05. The van der Waals surface area contributed by atoms with Crippen LogP contribution in [0.1, 0.15) is 62.9 Å². The van der Waals surface area contributed by atoms with Crippen molar-refractivity contribution in [3.63, 3.8) is 0 Å². The Bertz CT molecular complexity index is 653. The minimum absolute atomic E-state index is 0.0126. The zero-order chi connectivity index (χ0) is 14.4. The molecule has 2 aliphatic carbocycles. The van der Waals surface area contributed by atoms with E-state index in [0.29, 0.717) is 12.0 Å². The highest BCUT2D eigenvalue weighted by atomic mass is 19.1. The number of hydrogen-bond acceptors (Lipinski definition) is 2. The number of aromatic nitrogens is 2. The Hall–Kier alpha value is -1.42. The van der Waals surface area contributed by atoms with E-state index in [9.17, 15) is 4.39 Å². The van der Waals surface area contributed by atoms with Crippen LogP contribution >= 0.6 is 0 Å². The second-order valence-electron chi connectivity index (χ2n) is 6.63. The molecule has 2 aromatic rings. The summed E-state index contributed by atoms with van der Waals surface area (Å²) in [5.74, 6) is 1.28. The van der Waals surface area contributed by atoms with Gasteiger partial charge in [0.1, 0.15) is 11.6 Å². The Morgan fingerprint density at radius 1 is 1.14 bits per heavy atom. The average molecular weight is 287 g/mol. The molecule has 2 fully saturated rings. The summed E-state index contributed by atoms with van der Waals surface area (Å²) in [4.78, 5) is 4.71. The number of benzene rings is 1. The SMILES string of the molecule is NC(c1nc2cc(F)ccc2n1C1CC1)C1CCCCC1. The van der Waals surface area contributed by atoms with Crippen molar-refractivity contribution < 1.29 is 4.39 Å². The highest BCUT2D eigenvalue weighted by Gasteiger charge is 2.33. The minimum Gasteiger partial charge on any atom is -0.324 e. The van der Waals surface area contributed by atoms with Gasteiger partial charge in [-0.2, -0.15) is 0 Å². The van der Waals surface area contributed by atoms with Gasteiger partial charge in [0.15, 0.2) is 0 Å². The van der Waals surface area contributed by atoms with E-state index >= 15 is 0 Å². The molecule has 1 unspecified atom stereocenters. The number of hydrogen-bond donors (Lipinski definition) is 1. The fourth-order valence-corrected chi connectivity index (χ4v) is 3.75. The van der Waals surface area contributed by atoms with E-state index in [1.165, 1.54) is 57.1 Å². The van der Waals surface area contributed by atoms with E-state index in [4.69, 9.17) is 10.7 Å². The Labute approximate surface area is 124 Å². The quantitative estimate of drug-likeness (QED) is 0.924. The van der Waals surface area contributed by atoms with Crippen LogP contribution in [0.5, 0.6) is 0 Å². The highest BCUT2D eigenvalue weighted by Crippen LogP contribution is 2.42. The summed E-state index contributed by atoms with van der Waals surface area (Å²) in [5.41, 5.74) is 8.36. The topological polar surface area (TPSA) is 43.8 Å². The molecule has 4 rings (SSSR count). The van der Waals surface area contributed by atoms with Crippen LogP contribution in [0.15, 0.2) is 18.2 Å². The maximum absolute atomic E-state index is 13.5. The lowest BCUT2D eigenvalue weighted by Crippen LogP contribution is -2.26.